The number of carbonyl (C=O) groups is 2. The maximum absolute atomic E-state index is 13.3. The number of hydrogen-bond donors (Lipinski definition) is 0. The minimum absolute atomic E-state index is 0.0735. The molecule has 0 atom stereocenters. The lowest BCUT2D eigenvalue weighted by molar-refractivity contribution is -0.137. The molecular formula is C29H33N5O4S. The van der Waals surface area contributed by atoms with Gasteiger partial charge in [0.2, 0.25) is 11.8 Å². The van der Waals surface area contributed by atoms with Gasteiger partial charge in [0, 0.05) is 51.0 Å². The summed E-state index contributed by atoms with van der Waals surface area (Å²) in [5.41, 5.74) is 1.82. The second kappa shape index (κ2) is 10.4. The highest BCUT2D eigenvalue weighted by Gasteiger charge is 2.45. The SMILES string of the molecule is CCN1C(=O)C(C)(C)C(=O)N(C)c2cc(CN(CCn3ccc4oc(C)cc4c3=O)Cc3nccs3)ccc21. The van der Waals surface area contributed by atoms with Gasteiger partial charge in [0.1, 0.15) is 21.8 Å². The molecule has 0 saturated heterocycles. The summed E-state index contributed by atoms with van der Waals surface area (Å²) in [7, 11) is 1.73. The number of aromatic nitrogens is 2. The van der Waals surface area contributed by atoms with Crippen LogP contribution >= 0.6 is 11.3 Å². The van der Waals surface area contributed by atoms with Crippen molar-refractivity contribution in [3.05, 3.63) is 74.8 Å². The fourth-order valence-corrected chi connectivity index (χ4v) is 5.83. The first-order chi connectivity index (χ1) is 18.6. The van der Waals surface area contributed by atoms with Crippen molar-refractivity contribution in [2.24, 2.45) is 5.41 Å². The monoisotopic (exact) mass is 547 g/mol. The van der Waals surface area contributed by atoms with Gasteiger partial charge in [-0.1, -0.05) is 6.07 Å². The molecule has 5 rings (SSSR count). The number of benzene rings is 1. The van der Waals surface area contributed by atoms with E-state index in [-0.39, 0.29) is 17.4 Å². The molecule has 2 amide bonds. The molecule has 0 aliphatic carbocycles. The van der Waals surface area contributed by atoms with Crippen LogP contribution in [-0.2, 0) is 29.2 Å². The molecule has 204 valence electrons. The van der Waals surface area contributed by atoms with Crippen molar-refractivity contribution < 1.29 is 14.0 Å². The largest absolute Gasteiger partial charge is 0.461 e. The molecule has 3 aromatic heterocycles. The molecule has 0 unspecified atom stereocenters. The second-order valence-electron chi connectivity index (χ2n) is 10.4. The highest BCUT2D eigenvalue weighted by Crippen LogP contribution is 2.39. The summed E-state index contributed by atoms with van der Waals surface area (Å²) in [6.45, 7) is 9.91. The average molecular weight is 548 g/mol. The molecule has 4 aromatic rings. The zero-order valence-corrected chi connectivity index (χ0v) is 23.7. The van der Waals surface area contributed by atoms with Crippen LogP contribution in [0.25, 0.3) is 11.0 Å². The van der Waals surface area contributed by atoms with Gasteiger partial charge in [-0.2, -0.15) is 0 Å². The lowest BCUT2D eigenvalue weighted by Gasteiger charge is -2.27. The van der Waals surface area contributed by atoms with Crippen molar-refractivity contribution in [1.82, 2.24) is 14.5 Å². The Hall–Kier alpha value is -3.76. The van der Waals surface area contributed by atoms with Crippen LogP contribution in [-0.4, -0.2) is 46.4 Å². The van der Waals surface area contributed by atoms with Crippen LogP contribution in [0.2, 0.25) is 0 Å². The summed E-state index contributed by atoms with van der Waals surface area (Å²) in [6.07, 6.45) is 3.56. The topological polar surface area (TPSA) is 91.9 Å². The van der Waals surface area contributed by atoms with E-state index in [1.54, 1.807) is 65.1 Å². The van der Waals surface area contributed by atoms with E-state index in [1.807, 2.05) is 43.5 Å². The van der Waals surface area contributed by atoms with Crippen LogP contribution in [0, 0.1) is 12.3 Å². The lowest BCUT2D eigenvalue weighted by atomic mass is 9.90. The number of rotatable bonds is 8. The molecule has 0 radical (unpaired) electrons. The number of furan rings is 1. The van der Waals surface area contributed by atoms with Gasteiger partial charge in [-0.15, -0.1) is 11.3 Å². The Bertz CT molecular complexity index is 1590. The first-order valence-electron chi connectivity index (χ1n) is 13.0. The highest BCUT2D eigenvalue weighted by atomic mass is 32.1. The van der Waals surface area contributed by atoms with E-state index >= 15 is 0 Å². The first kappa shape index (κ1) is 26.8. The van der Waals surface area contributed by atoms with Crippen LogP contribution in [0.1, 0.15) is 37.1 Å². The Labute approximate surface area is 231 Å². The number of carbonyl (C=O) groups excluding carboxylic acids is 2. The standard InChI is InChI=1S/C29H33N5O4S/c1-6-34-22-8-7-20(16-23(22)31(5)27(36)29(3,4)28(34)37)17-32(18-25-30-10-14-39-25)12-13-33-11-9-24-21(26(33)35)15-19(2)38-24/h7-11,14-16H,6,12-13,17-18H2,1-5H3. The van der Waals surface area contributed by atoms with Crippen molar-refractivity contribution in [3.63, 3.8) is 0 Å². The number of hydrogen-bond acceptors (Lipinski definition) is 7. The molecule has 0 spiro atoms. The predicted molar refractivity (Wildman–Crippen MR) is 153 cm³/mol. The van der Waals surface area contributed by atoms with Crippen molar-refractivity contribution in [3.8, 4) is 0 Å². The van der Waals surface area contributed by atoms with E-state index in [0.717, 1.165) is 16.3 Å². The van der Waals surface area contributed by atoms with Gasteiger partial charge in [-0.05, 0) is 57.5 Å². The zero-order chi connectivity index (χ0) is 27.9. The summed E-state index contributed by atoms with van der Waals surface area (Å²) in [5, 5.41) is 3.52. The van der Waals surface area contributed by atoms with Gasteiger partial charge in [0.15, 0.2) is 0 Å². The summed E-state index contributed by atoms with van der Waals surface area (Å²) in [4.78, 5) is 49.5. The molecule has 9 nitrogen and oxygen atoms in total. The molecular weight excluding hydrogens is 514 g/mol. The maximum atomic E-state index is 13.3. The Morgan fingerprint density at radius 2 is 1.85 bits per heavy atom. The van der Waals surface area contributed by atoms with E-state index in [9.17, 15) is 14.4 Å². The van der Waals surface area contributed by atoms with E-state index in [0.29, 0.717) is 55.1 Å². The lowest BCUT2D eigenvalue weighted by Crippen LogP contribution is -2.47. The molecule has 0 fully saturated rings. The summed E-state index contributed by atoms with van der Waals surface area (Å²) in [5.74, 6) is 0.281. The van der Waals surface area contributed by atoms with Crippen molar-refractivity contribution >= 4 is 45.5 Å². The summed E-state index contributed by atoms with van der Waals surface area (Å²) < 4.78 is 7.31. The molecule has 1 aliphatic heterocycles. The Morgan fingerprint density at radius 3 is 2.56 bits per heavy atom. The molecule has 10 heteroatoms. The third-order valence-electron chi connectivity index (χ3n) is 7.31. The van der Waals surface area contributed by atoms with Gasteiger partial charge in [0.05, 0.1) is 23.3 Å². The first-order valence-corrected chi connectivity index (χ1v) is 13.9. The van der Waals surface area contributed by atoms with Gasteiger partial charge in [-0.25, -0.2) is 4.98 Å². The van der Waals surface area contributed by atoms with Crippen molar-refractivity contribution in [2.75, 3.05) is 29.9 Å². The van der Waals surface area contributed by atoms with Crippen molar-refractivity contribution in [1.29, 1.82) is 0 Å². The molecule has 0 saturated carbocycles. The minimum atomic E-state index is -1.15. The van der Waals surface area contributed by atoms with Crippen LogP contribution in [0.15, 0.2) is 57.3 Å². The number of anilines is 2. The smallest absolute Gasteiger partial charge is 0.261 e. The number of amides is 2. The fraction of sp³-hybridized carbons (Fsp3) is 0.379. The number of thiazole rings is 1. The molecule has 4 heterocycles. The van der Waals surface area contributed by atoms with Gasteiger partial charge in [0.25, 0.3) is 5.56 Å². The highest BCUT2D eigenvalue weighted by molar-refractivity contribution is 7.09. The maximum Gasteiger partial charge on any atom is 0.261 e. The number of pyridine rings is 1. The van der Waals surface area contributed by atoms with E-state index in [2.05, 4.69) is 9.88 Å². The fourth-order valence-electron chi connectivity index (χ4n) is 5.17. The van der Waals surface area contributed by atoms with Gasteiger partial charge in [-0.3, -0.25) is 19.3 Å². The number of nitrogens with zero attached hydrogens (tertiary/aromatic N) is 5. The quantitative estimate of drug-likeness (QED) is 0.303. The summed E-state index contributed by atoms with van der Waals surface area (Å²) in [6, 6.07) is 9.54. The van der Waals surface area contributed by atoms with Crippen molar-refractivity contribution in [2.45, 2.75) is 47.3 Å². The number of aryl methyl sites for hydroxylation is 1. The third-order valence-corrected chi connectivity index (χ3v) is 8.08. The van der Waals surface area contributed by atoms with Crippen LogP contribution in [0.5, 0.6) is 0 Å². The van der Waals surface area contributed by atoms with E-state index in [1.165, 1.54) is 0 Å². The zero-order valence-electron chi connectivity index (χ0n) is 22.9. The van der Waals surface area contributed by atoms with E-state index < -0.39 is 5.41 Å². The molecule has 0 N–H and O–H groups in total. The Morgan fingerprint density at radius 1 is 1.05 bits per heavy atom. The normalized spacial score (nSPS) is 15.3. The van der Waals surface area contributed by atoms with Gasteiger partial charge >= 0.3 is 0 Å². The molecule has 39 heavy (non-hydrogen) atoms. The Kier molecular flexibility index (Phi) is 7.17. The third kappa shape index (κ3) is 5.02. The molecule has 0 bridgehead atoms. The van der Waals surface area contributed by atoms with Gasteiger partial charge < -0.3 is 18.8 Å². The van der Waals surface area contributed by atoms with E-state index in [4.69, 9.17) is 4.42 Å². The van der Waals surface area contributed by atoms with Crippen LogP contribution < -0.4 is 15.4 Å². The second-order valence-corrected chi connectivity index (χ2v) is 11.4. The summed E-state index contributed by atoms with van der Waals surface area (Å²) >= 11 is 1.59. The Balaban J connectivity index is 1.43. The number of fused-ring (bicyclic) bond motifs is 2. The van der Waals surface area contributed by atoms with Crippen LogP contribution in [0.4, 0.5) is 11.4 Å². The molecule has 1 aromatic carbocycles. The average Bonchev–Trinajstić information content (AvgIpc) is 3.56. The minimum Gasteiger partial charge on any atom is -0.461 e. The predicted octanol–water partition coefficient (Wildman–Crippen LogP) is 4.42. The molecule has 1 aliphatic rings. The van der Waals surface area contributed by atoms with Crippen LogP contribution in [0.3, 0.4) is 0 Å².